The highest BCUT2D eigenvalue weighted by molar-refractivity contribution is 5.89. The van der Waals surface area contributed by atoms with Crippen molar-refractivity contribution < 1.29 is 67.8 Å². The lowest BCUT2D eigenvalue weighted by Gasteiger charge is -2.06. The van der Waals surface area contributed by atoms with E-state index in [9.17, 15) is 19.2 Å². The first-order valence-corrected chi connectivity index (χ1v) is 11.2. The summed E-state index contributed by atoms with van der Waals surface area (Å²) < 4.78 is 19.4. The molecule has 0 atom stereocenters. The van der Waals surface area contributed by atoms with Gasteiger partial charge < -0.3 is 18.9 Å². The Morgan fingerprint density at radius 1 is 0.526 bits per heavy atom. The fraction of sp³-hybridized carbons (Fsp3) is 0.333. The van der Waals surface area contributed by atoms with E-state index in [1.54, 1.807) is 24.3 Å². The fourth-order valence-electron chi connectivity index (χ4n) is 2.62. The second-order valence-corrected chi connectivity index (χ2v) is 7.11. The Morgan fingerprint density at radius 2 is 0.895 bits per heavy atom. The first kappa shape index (κ1) is 29.7. The zero-order chi connectivity index (χ0) is 27.6. The average Bonchev–Trinajstić information content (AvgIpc) is 2.94. The van der Waals surface area contributed by atoms with E-state index in [0.717, 1.165) is 0 Å². The van der Waals surface area contributed by atoms with Crippen LogP contribution >= 0.6 is 0 Å². The van der Waals surface area contributed by atoms with Crippen LogP contribution in [0.4, 0.5) is 9.59 Å². The first-order chi connectivity index (χ1) is 18.4. The molecule has 38 heavy (non-hydrogen) atoms. The van der Waals surface area contributed by atoms with Crippen molar-refractivity contribution in [2.45, 2.75) is 25.7 Å². The van der Waals surface area contributed by atoms with Crippen molar-refractivity contribution in [3.8, 4) is 11.5 Å². The third kappa shape index (κ3) is 11.5. The molecule has 0 aliphatic carbocycles. The van der Waals surface area contributed by atoms with E-state index in [4.69, 9.17) is 18.9 Å². The van der Waals surface area contributed by atoms with Gasteiger partial charge in [0.2, 0.25) is 0 Å². The van der Waals surface area contributed by atoms with Gasteiger partial charge in [-0.2, -0.15) is 0 Å². The normalized spacial score (nSPS) is 10.1. The Morgan fingerprint density at radius 3 is 1.24 bits per heavy atom. The minimum atomic E-state index is -1.19. The predicted octanol–water partition coefficient (Wildman–Crippen LogP) is 4.28. The van der Waals surface area contributed by atoms with Gasteiger partial charge in [-0.05, 0) is 74.2 Å². The van der Waals surface area contributed by atoms with Crippen molar-refractivity contribution in [2.24, 2.45) is 0 Å². The van der Waals surface area contributed by atoms with Gasteiger partial charge in [0.1, 0.15) is 11.5 Å². The Balaban J connectivity index is 1.41. The molecule has 0 aromatic heterocycles. The van der Waals surface area contributed by atoms with Gasteiger partial charge in [-0.3, -0.25) is 9.78 Å². The molecule has 0 N–H and O–H groups in total. The Bertz CT molecular complexity index is 936. The molecule has 2 aromatic rings. The number of rotatable bonds is 15. The van der Waals surface area contributed by atoms with Crippen molar-refractivity contribution in [3.05, 3.63) is 59.7 Å². The van der Waals surface area contributed by atoms with E-state index >= 15 is 0 Å². The van der Waals surface area contributed by atoms with Crippen LogP contribution in [0.5, 0.6) is 11.5 Å². The summed E-state index contributed by atoms with van der Waals surface area (Å²) in [6.07, 6.45) is -0.146. The Labute approximate surface area is 216 Å². The minimum absolute atomic E-state index is 0.0188. The number of hydrogen-bond acceptors (Lipinski definition) is 14. The summed E-state index contributed by atoms with van der Waals surface area (Å²) in [6, 6.07) is 11.9. The molecule has 0 bridgehead atoms. The summed E-state index contributed by atoms with van der Waals surface area (Å²) in [5.41, 5.74) is 0.307. The molecule has 0 radical (unpaired) electrons. The lowest BCUT2D eigenvalue weighted by Crippen LogP contribution is -2.13. The van der Waals surface area contributed by atoms with Crippen LogP contribution in [0.25, 0.3) is 0 Å². The number of carbonyl (C=O) groups excluding carboxylic acids is 4. The van der Waals surface area contributed by atoms with Crippen molar-refractivity contribution in [1.82, 2.24) is 0 Å². The second kappa shape index (κ2) is 17.0. The van der Waals surface area contributed by atoms with Crippen LogP contribution in [0.3, 0.4) is 0 Å². The van der Waals surface area contributed by atoms with E-state index in [1.165, 1.54) is 38.5 Å². The number of benzene rings is 2. The first-order valence-electron chi connectivity index (χ1n) is 11.2. The third-order valence-electron chi connectivity index (χ3n) is 4.55. The molecule has 14 nitrogen and oxygen atoms in total. The summed E-state index contributed by atoms with van der Waals surface area (Å²) >= 11 is 0. The molecule has 0 amide bonds. The molecule has 2 rings (SSSR count). The maximum absolute atomic E-state index is 11.7. The van der Waals surface area contributed by atoms with Crippen LogP contribution in [-0.4, -0.2) is 51.7 Å². The van der Waals surface area contributed by atoms with E-state index < -0.39 is 24.2 Å². The van der Waals surface area contributed by atoms with E-state index in [0.29, 0.717) is 37.2 Å². The maximum atomic E-state index is 11.7. The molecular formula is C24H26O14. The van der Waals surface area contributed by atoms with E-state index in [-0.39, 0.29) is 24.3 Å². The van der Waals surface area contributed by atoms with Crippen LogP contribution in [0.15, 0.2) is 48.5 Å². The summed E-state index contributed by atoms with van der Waals surface area (Å²) in [5.74, 6) is -0.665. The van der Waals surface area contributed by atoms with Crippen molar-refractivity contribution in [3.63, 3.8) is 0 Å². The maximum Gasteiger partial charge on any atom is 0.543 e. The summed E-state index contributed by atoms with van der Waals surface area (Å²) in [6.45, 7) is 0.0375. The van der Waals surface area contributed by atoms with Crippen LogP contribution in [-0.2, 0) is 39.1 Å². The van der Waals surface area contributed by atoms with Crippen molar-refractivity contribution in [2.75, 3.05) is 27.4 Å². The second-order valence-electron chi connectivity index (χ2n) is 7.11. The molecule has 0 saturated carbocycles. The zero-order valence-electron chi connectivity index (χ0n) is 20.6. The number of carbonyl (C=O) groups is 4. The van der Waals surface area contributed by atoms with E-state index in [2.05, 4.69) is 29.6 Å². The molecule has 206 valence electrons. The standard InChI is InChI=1S/C24H26O14/c1-29-19-11-7-17(8-12-19)21(25)33-37-35-23(27)31-15-5-3-4-6-16-32-24(28)36-38-34-22(26)18-9-13-20(30-2)14-10-18/h7-14H,3-6,15-16H2,1-2H3. The van der Waals surface area contributed by atoms with Gasteiger partial charge in [0, 0.05) is 0 Å². The van der Waals surface area contributed by atoms with Crippen LogP contribution < -0.4 is 9.47 Å². The van der Waals surface area contributed by atoms with Gasteiger partial charge in [-0.15, -0.1) is 0 Å². The largest absolute Gasteiger partial charge is 0.543 e. The molecule has 2 aromatic carbocycles. The van der Waals surface area contributed by atoms with E-state index in [1.807, 2.05) is 0 Å². The monoisotopic (exact) mass is 538 g/mol. The molecule has 0 spiro atoms. The number of methoxy groups -OCH3 is 2. The van der Waals surface area contributed by atoms with Crippen LogP contribution in [0.1, 0.15) is 46.4 Å². The van der Waals surface area contributed by atoms with Gasteiger partial charge in [0.25, 0.3) is 0 Å². The molecule has 0 fully saturated rings. The van der Waals surface area contributed by atoms with Gasteiger partial charge in [0.15, 0.2) is 0 Å². The molecule has 0 saturated heterocycles. The van der Waals surface area contributed by atoms with Gasteiger partial charge >= 0.3 is 24.2 Å². The number of hydrogen-bond donors (Lipinski definition) is 0. The van der Waals surface area contributed by atoms with Crippen molar-refractivity contribution >= 4 is 24.2 Å². The van der Waals surface area contributed by atoms with Crippen LogP contribution in [0.2, 0.25) is 0 Å². The fourth-order valence-corrected chi connectivity index (χ4v) is 2.62. The average molecular weight is 538 g/mol. The summed E-state index contributed by atoms with van der Waals surface area (Å²) in [7, 11) is 2.96. The number of unbranched alkanes of at least 4 members (excludes halogenated alkanes) is 3. The quantitative estimate of drug-likeness (QED) is 0.137. The third-order valence-corrected chi connectivity index (χ3v) is 4.55. The lowest BCUT2D eigenvalue weighted by molar-refractivity contribution is -0.452. The topological polar surface area (TPSA) is 161 Å². The van der Waals surface area contributed by atoms with Gasteiger partial charge in [-0.1, -0.05) is 0 Å². The van der Waals surface area contributed by atoms with Gasteiger partial charge in [-0.25, -0.2) is 29.0 Å². The highest BCUT2D eigenvalue weighted by atomic mass is 17.5. The molecule has 0 unspecified atom stereocenters. The molecule has 0 aliphatic rings. The zero-order valence-corrected chi connectivity index (χ0v) is 20.6. The summed E-state index contributed by atoms with van der Waals surface area (Å²) in [4.78, 5) is 63.3. The molecule has 0 aliphatic heterocycles. The smallest absolute Gasteiger partial charge is 0.497 e. The SMILES string of the molecule is COc1ccc(C(=O)OOOC(=O)OCCCCCCOC(=O)OOOC(=O)c2ccc(OC)cc2)cc1. The highest BCUT2D eigenvalue weighted by Gasteiger charge is 2.13. The summed E-state index contributed by atoms with van der Waals surface area (Å²) in [5, 5.41) is 8.23. The molecule has 14 heteroatoms. The van der Waals surface area contributed by atoms with Crippen LogP contribution in [0, 0.1) is 0 Å². The molecule has 0 heterocycles. The highest BCUT2D eigenvalue weighted by Crippen LogP contribution is 2.13. The Hall–Kier alpha value is -4.56. The Kier molecular flexibility index (Phi) is 13.3. The lowest BCUT2D eigenvalue weighted by atomic mass is 10.2. The predicted molar refractivity (Wildman–Crippen MR) is 122 cm³/mol. The minimum Gasteiger partial charge on any atom is -0.497 e. The van der Waals surface area contributed by atoms with Crippen molar-refractivity contribution in [1.29, 1.82) is 0 Å². The number of ether oxygens (including phenoxy) is 4. The van der Waals surface area contributed by atoms with Gasteiger partial charge in [0.05, 0.1) is 48.6 Å². The molecular weight excluding hydrogens is 512 g/mol.